The van der Waals surface area contributed by atoms with E-state index in [-0.39, 0.29) is 20.3 Å². The van der Waals surface area contributed by atoms with Crippen LogP contribution in [0, 0.1) is 18.6 Å². The molecule has 0 amide bonds. The van der Waals surface area contributed by atoms with Gasteiger partial charge in [-0.15, -0.1) is 0 Å². The summed E-state index contributed by atoms with van der Waals surface area (Å²) in [5, 5.41) is 0. The van der Waals surface area contributed by atoms with Gasteiger partial charge in [-0.1, -0.05) is 0 Å². The third kappa shape index (κ3) is 1.91. The number of benzene rings is 1. The Labute approximate surface area is 98.4 Å². The standard InChI is InChI=1S/C12H10F2OSe/c1-7-3-6-10(16-7)8-4-5-9(15-2)12(14)11(8)13/h3-6H,1-2H3. The summed E-state index contributed by atoms with van der Waals surface area (Å²) in [6.07, 6.45) is 0. The van der Waals surface area contributed by atoms with E-state index in [2.05, 4.69) is 0 Å². The van der Waals surface area contributed by atoms with Gasteiger partial charge in [-0.25, -0.2) is 0 Å². The van der Waals surface area contributed by atoms with Gasteiger partial charge in [0.1, 0.15) is 0 Å². The first-order valence-electron chi connectivity index (χ1n) is 4.72. The van der Waals surface area contributed by atoms with Gasteiger partial charge in [0.05, 0.1) is 0 Å². The number of methoxy groups -OCH3 is 1. The molecule has 0 unspecified atom stereocenters. The van der Waals surface area contributed by atoms with E-state index in [1.807, 2.05) is 19.1 Å². The van der Waals surface area contributed by atoms with Gasteiger partial charge in [0, 0.05) is 0 Å². The van der Waals surface area contributed by atoms with Crippen molar-refractivity contribution in [2.24, 2.45) is 0 Å². The van der Waals surface area contributed by atoms with Crippen LogP contribution in [0.1, 0.15) is 4.44 Å². The minimum absolute atomic E-state index is 0.0583. The van der Waals surface area contributed by atoms with Crippen molar-refractivity contribution in [1.29, 1.82) is 0 Å². The number of halogens is 2. The molecule has 1 aromatic heterocycles. The van der Waals surface area contributed by atoms with Crippen LogP contribution in [0.2, 0.25) is 0 Å². The molecule has 1 heterocycles. The van der Waals surface area contributed by atoms with Gasteiger partial charge in [0.2, 0.25) is 0 Å². The molecule has 0 aliphatic carbocycles. The summed E-state index contributed by atoms with van der Waals surface area (Å²) in [4.78, 5) is 0. The van der Waals surface area contributed by atoms with E-state index in [0.717, 1.165) is 4.44 Å². The van der Waals surface area contributed by atoms with Gasteiger partial charge in [-0.2, -0.15) is 0 Å². The van der Waals surface area contributed by atoms with E-state index in [4.69, 9.17) is 4.74 Å². The van der Waals surface area contributed by atoms with Crippen molar-refractivity contribution in [2.45, 2.75) is 6.92 Å². The van der Waals surface area contributed by atoms with Gasteiger partial charge in [0.15, 0.2) is 0 Å². The van der Waals surface area contributed by atoms with Crippen LogP contribution < -0.4 is 4.74 Å². The van der Waals surface area contributed by atoms with Crippen LogP contribution in [0.5, 0.6) is 5.75 Å². The van der Waals surface area contributed by atoms with Crippen LogP contribution in [0.15, 0.2) is 24.3 Å². The average Bonchev–Trinajstić information content (AvgIpc) is 2.69. The van der Waals surface area contributed by atoms with Crippen molar-refractivity contribution < 1.29 is 13.5 Å². The molecule has 0 spiro atoms. The van der Waals surface area contributed by atoms with Gasteiger partial charge >= 0.3 is 98.1 Å². The normalized spacial score (nSPS) is 10.5. The molecule has 16 heavy (non-hydrogen) atoms. The summed E-state index contributed by atoms with van der Waals surface area (Å²) in [5.41, 5.74) is 0.339. The molecule has 1 aromatic carbocycles. The number of ether oxygens (including phenoxy) is 1. The second kappa shape index (κ2) is 4.40. The summed E-state index contributed by atoms with van der Waals surface area (Å²) in [6, 6.07) is 6.81. The Kier molecular flexibility index (Phi) is 3.12. The van der Waals surface area contributed by atoms with Crippen molar-refractivity contribution in [3.8, 4) is 15.8 Å². The van der Waals surface area contributed by atoms with E-state index in [0.29, 0.717) is 5.56 Å². The molecule has 2 rings (SSSR count). The van der Waals surface area contributed by atoms with Crippen LogP contribution in [0.4, 0.5) is 8.78 Å². The average molecular weight is 287 g/mol. The molecule has 1 nitrogen and oxygen atoms in total. The molecular formula is C12H10F2OSe. The third-order valence-electron chi connectivity index (χ3n) is 2.27. The van der Waals surface area contributed by atoms with E-state index < -0.39 is 11.6 Å². The summed E-state index contributed by atoms with van der Waals surface area (Å²) in [6.45, 7) is 1.99. The summed E-state index contributed by atoms with van der Waals surface area (Å²) in [7, 11) is 1.32. The van der Waals surface area contributed by atoms with Crippen LogP contribution in [0.25, 0.3) is 10.0 Å². The fraction of sp³-hybridized carbons (Fsp3) is 0.167. The van der Waals surface area contributed by atoms with Crippen molar-refractivity contribution >= 4 is 14.5 Å². The number of hydrogen-bond donors (Lipinski definition) is 0. The molecule has 0 fully saturated rings. The monoisotopic (exact) mass is 288 g/mol. The minimum atomic E-state index is -0.916. The molecule has 2 aromatic rings. The number of hydrogen-bond acceptors (Lipinski definition) is 1. The van der Waals surface area contributed by atoms with Crippen LogP contribution in [-0.4, -0.2) is 21.6 Å². The molecule has 0 aliphatic rings. The van der Waals surface area contributed by atoms with Gasteiger partial charge in [-0.05, 0) is 0 Å². The van der Waals surface area contributed by atoms with Gasteiger partial charge < -0.3 is 0 Å². The Balaban J connectivity index is 2.55. The topological polar surface area (TPSA) is 9.23 Å². The zero-order valence-corrected chi connectivity index (χ0v) is 10.6. The molecule has 0 atom stereocenters. The number of aryl methyl sites for hydroxylation is 1. The van der Waals surface area contributed by atoms with Crippen molar-refractivity contribution in [1.82, 2.24) is 0 Å². The van der Waals surface area contributed by atoms with Crippen LogP contribution in [0.3, 0.4) is 0 Å². The second-order valence-corrected chi connectivity index (χ2v) is 6.06. The molecule has 0 bridgehead atoms. The Bertz CT molecular complexity index is 520. The second-order valence-electron chi connectivity index (χ2n) is 3.35. The molecule has 0 aliphatic heterocycles. The van der Waals surface area contributed by atoms with E-state index in [9.17, 15) is 8.78 Å². The van der Waals surface area contributed by atoms with E-state index >= 15 is 0 Å². The van der Waals surface area contributed by atoms with Gasteiger partial charge in [-0.3, -0.25) is 0 Å². The zero-order chi connectivity index (χ0) is 11.7. The van der Waals surface area contributed by atoms with Crippen molar-refractivity contribution in [3.63, 3.8) is 0 Å². The summed E-state index contributed by atoms with van der Waals surface area (Å²) >= 11 is 0.0991. The molecule has 0 radical (unpaired) electrons. The Morgan fingerprint density at radius 3 is 2.38 bits per heavy atom. The predicted octanol–water partition coefficient (Wildman–Crippen LogP) is 3.01. The Morgan fingerprint density at radius 2 is 1.81 bits per heavy atom. The molecule has 0 saturated heterocycles. The predicted molar refractivity (Wildman–Crippen MR) is 60.0 cm³/mol. The zero-order valence-electron chi connectivity index (χ0n) is 8.88. The summed E-state index contributed by atoms with van der Waals surface area (Å²) < 4.78 is 34.0. The first-order chi connectivity index (χ1) is 7.63. The first-order valence-corrected chi connectivity index (χ1v) is 6.43. The molecule has 0 N–H and O–H groups in total. The molecule has 4 heteroatoms. The molecule has 0 saturated carbocycles. The van der Waals surface area contributed by atoms with Crippen LogP contribution in [-0.2, 0) is 0 Å². The fourth-order valence-corrected chi connectivity index (χ4v) is 3.32. The van der Waals surface area contributed by atoms with Crippen molar-refractivity contribution in [3.05, 3.63) is 40.3 Å². The SMILES string of the molecule is COc1ccc(-c2ccc(C)[se]2)c(F)c1F. The maximum absolute atomic E-state index is 13.7. The van der Waals surface area contributed by atoms with Gasteiger partial charge in [0.25, 0.3) is 0 Å². The Morgan fingerprint density at radius 1 is 1.06 bits per heavy atom. The van der Waals surface area contributed by atoms with Crippen LogP contribution >= 0.6 is 0 Å². The molecular weight excluding hydrogens is 277 g/mol. The van der Waals surface area contributed by atoms with E-state index in [1.165, 1.54) is 17.6 Å². The summed E-state index contributed by atoms with van der Waals surface area (Å²) in [5.74, 6) is -1.80. The first kappa shape index (κ1) is 11.4. The quantitative estimate of drug-likeness (QED) is 0.772. The van der Waals surface area contributed by atoms with E-state index in [1.54, 1.807) is 6.07 Å². The Hall–Kier alpha value is -1.12. The molecule has 84 valence electrons. The van der Waals surface area contributed by atoms with Crippen molar-refractivity contribution in [2.75, 3.05) is 7.11 Å². The maximum atomic E-state index is 13.7. The number of rotatable bonds is 2. The fourth-order valence-electron chi connectivity index (χ4n) is 1.46. The third-order valence-corrected chi connectivity index (χ3v) is 4.44.